The van der Waals surface area contributed by atoms with Crippen LogP contribution in [0.15, 0.2) is 30.6 Å². The Hall–Kier alpha value is -2.30. The quantitative estimate of drug-likeness (QED) is 0.875. The van der Waals surface area contributed by atoms with Crippen molar-refractivity contribution in [2.24, 2.45) is 0 Å². The van der Waals surface area contributed by atoms with E-state index >= 15 is 0 Å². The number of imidazole rings is 1. The van der Waals surface area contributed by atoms with Gasteiger partial charge in [-0.25, -0.2) is 4.98 Å². The summed E-state index contributed by atoms with van der Waals surface area (Å²) < 4.78 is 7.39. The van der Waals surface area contributed by atoms with Crippen molar-refractivity contribution < 1.29 is 14.6 Å². The predicted molar refractivity (Wildman–Crippen MR) is 78.0 cm³/mol. The van der Waals surface area contributed by atoms with E-state index in [4.69, 9.17) is 14.6 Å². The van der Waals surface area contributed by atoms with E-state index in [0.717, 1.165) is 17.1 Å². The van der Waals surface area contributed by atoms with E-state index in [-0.39, 0.29) is 6.47 Å². The number of ether oxygens (including phenoxy) is 1. The second-order valence-electron chi connectivity index (χ2n) is 4.54. The monoisotopic (exact) mass is 276 g/mol. The molecule has 0 bridgehead atoms. The Morgan fingerprint density at radius 3 is 2.55 bits per heavy atom. The van der Waals surface area contributed by atoms with E-state index < -0.39 is 0 Å². The van der Waals surface area contributed by atoms with E-state index in [1.54, 1.807) is 7.11 Å². The highest BCUT2D eigenvalue weighted by Gasteiger charge is 2.11. The maximum atomic E-state index is 8.36. The van der Waals surface area contributed by atoms with E-state index in [1.165, 1.54) is 5.56 Å². The van der Waals surface area contributed by atoms with Gasteiger partial charge in [-0.2, -0.15) is 0 Å². The van der Waals surface area contributed by atoms with E-state index in [0.29, 0.717) is 6.04 Å². The Balaban J connectivity index is 0.000000612. The topological polar surface area (TPSA) is 64.4 Å². The van der Waals surface area contributed by atoms with Crippen molar-refractivity contribution in [2.45, 2.75) is 26.8 Å². The van der Waals surface area contributed by atoms with Crippen LogP contribution in [0, 0.1) is 6.92 Å². The standard InChI is InChI=1S/C14H18N2O.CH2O2/c1-10(2)16-8-7-15-14(16)13-6-5-12(17-4)9-11(13)3;2-1-3/h5-10H,1-4H3;1H,(H,2,3). The fraction of sp³-hybridized carbons (Fsp3) is 0.333. The summed E-state index contributed by atoms with van der Waals surface area (Å²) in [6.07, 6.45) is 3.86. The van der Waals surface area contributed by atoms with Crippen LogP contribution in [0.3, 0.4) is 0 Å². The minimum absolute atomic E-state index is 0.250. The molecule has 0 saturated heterocycles. The lowest BCUT2D eigenvalue weighted by Gasteiger charge is -2.13. The van der Waals surface area contributed by atoms with Gasteiger partial charge in [0, 0.05) is 24.0 Å². The molecule has 0 atom stereocenters. The molecule has 0 spiro atoms. The number of aryl methyl sites for hydroxylation is 1. The molecule has 1 heterocycles. The first kappa shape index (κ1) is 15.8. The third kappa shape index (κ3) is 3.60. The third-order valence-corrected chi connectivity index (χ3v) is 2.90. The van der Waals surface area contributed by atoms with Crippen molar-refractivity contribution in [3.63, 3.8) is 0 Å². The molecule has 1 aromatic carbocycles. The summed E-state index contributed by atoms with van der Waals surface area (Å²) in [6, 6.07) is 6.49. The molecule has 5 nitrogen and oxygen atoms in total. The van der Waals surface area contributed by atoms with Crippen LogP contribution < -0.4 is 4.74 Å². The summed E-state index contributed by atoms with van der Waals surface area (Å²) in [5.41, 5.74) is 2.34. The normalized spacial score (nSPS) is 9.85. The molecule has 0 radical (unpaired) electrons. The van der Waals surface area contributed by atoms with Crippen LogP contribution in [-0.2, 0) is 4.79 Å². The zero-order valence-electron chi connectivity index (χ0n) is 12.2. The summed E-state index contributed by atoms with van der Waals surface area (Å²) in [6.45, 7) is 6.14. The molecule has 0 amide bonds. The van der Waals surface area contributed by atoms with Crippen LogP contribution >= 0.6 is 0 Å². The zero-order chi connectivity index (χ0) is 15.1. The van der Waals surface area contributed by atoms with E-state index in [9.17, 15) is 0 Å². The van der Waals surface area contributed by atoms with Crippen LogP contribution in [0.25, 0.3) is 11.4 Å². The molecule has 1 N–H and O–H groups in total. The summed E-state index contributed by atoms with van der Waals surface area (Å²) in [7, 11) is 1.68. The third-order valence-electron chi connectivity index (χ3n) is 2.90. The zero-order valence-corrected chi connectivity index (χ0v) is 12.2. The fourth-order valence-corrected chi connectivity index (χ4v) is 1.95. The van der Waals surface area contributed by atoms with Gasteiger partial charge in [-0.1, -0.05) is 0 Å². The van der Waals surface area contributed by atoms with E-state index in [1.807, 2.05) is 24.5 Å². The van der Waals surface area contributed by atoms with Crippen LogP contribution in [-0.4, -0.2) is 28.2 Å². The smallest absolute Gasteiger partial charge is 0.290 e. The number of methoxy groups -OCH3 is 1. The largest absolute Gasteiger partial charge is 0.497 e. The number of carbonyl (C=O) groups is 1. The first-order chi connectivity index (χ1) is 9.54. The Kier molecular flexibility index (Phi) is 5.77. The van der Waals surface area contributed by atoms with Crippen LogP contribution in [0.4, 0.5) is 0 Å². The van der Waals surface area contributed by atoms with Crippen molar-refractivity contribution >= 4 is 6.47 Å². The van der Waals surface area contributed by atoms with Gasteiger partial charge in [-0.3, -0.25) is 4.79 Å². The van der Waals surface area contributed by atoms with Crippen molar-refractivity contribution in [2.75, 3.05) is 7.11 Å². The molecule has 2 aromatic rings. The van der Waals surface area contributed by atoms with Crippen molar-refractivity contribution in [3.05, 3.63) is 36.2 Å². The Bertz CT molecular complexity index is 562. The van der Waals surface area contributed by atoms with Gasteiger partial charge in [-0.15, -0.1) is 0 Å². The molecular weight excluding hydrogens is 256 g/mol. The van der Waals surface area contributed by atoms with Gasteiger partial charge >= 0.3 is 0 Å². The van der Waals surface area contributed by atoms with Crippen molar-refractivity contribution in [3.8, 4) is 17.1 Å². The molecule has 0 aliphatic carbocycles. The van der Waals surface area contributed by atoms with Gasteiger partial charge in [0.05, 0.1) is 7.11 Å². The molecule has 20 heavy (non-hydrogen) atoms. The van der Waals surface area contributed by atoms with Crippen LogP contribution in [0.1, 0.15) is 25.5 Å². The number of hydrogen-bond acceptors (Lipinski definition) is 3. The Morgan fingerprint density at radius 2 is 2.05 bits per heavy atom. The SMILES string of the molecule is COc1ccc(-c2nccn2C(C)C)c(C)c1.O=CO. The van der Waals surface area contributed by atoms with Gasteiger partial charge in [0.1, 0.15) is 11.6 Å². The van der Waals surface area contributed by atoms with Crippen LogP contribution in [0.5, 0.6) is 5.75 Å². The number of hydrogen-bond donors (Lipinski definition) is 1. The summed E-state index contributed by atoms with van der Waals surface area (Å²) in [4.78, 5) is 12.8. The van der Waals surface area contributed by atoms with Crippen molar-refractivity contribution in [1.29, 1.82) is 0 Å². The second kappa shape index (κ2) is 7.33. The summed E-state index contributed by atoms with van der Waals surface area (Å²) >= 11 is 0. The second-order valence-corrected chi connectivity index (χ2v) is 4.54. The lowest BCUT2D eigenvalue weighted by atomic mass is 10.1. The van der Waals surface area contributed by atoms with Crippen molar-refractivity contribution in [1.82, 2.24) is 9.55 Å². The van der Waals surface area contributed by atoms with Gasteiger partial charge in [0.15, 0.2) is 0 Å². The number of benzene rings is 1. The minimum Gasteiger partial charge on any atom is -0.497 e. The minimum atomic E-state index is -0.250. The molecule has 2 rings (SSSR count). The van der Waals surface area contributed by atoms with Gasteiger partial charge < -0.3 is 14.4 Å². The highest BCUT2D eigenvalue weighted by atomic mass is 16.5. The van der Waals surface area contributed by atoms with Gasteiger partial charge in [-0.05, 0) is 44.5 Å². The first-order valence-electron chi connectivity index (χ1n) is 6.30. The molecule has 108 valence electrons. The fourth-order valence-electron chi connectivity index (χ4n) is 1.95. The Morgan fingerprint density at radius 1 is 1.40 bits per heavy atom. The molecule has 0 aliphatic rings. The maximum absolute atomic E-state index is 8.36. The molecular formula is C15H20N2O3. The maximum Gasteiger partial charge on any atom is 0.290 e. The highest BCUT2D eigenvalue weighted by molar-refractivity contribution is 5.62. The first-order valence-corrected chi connectivity index (χ1v) is 6.30. The molecule has 0 unspecified atom stereocenters. The summed E-state index contributed by atoms with van der Waals surface area (Å²) in [5, 5.41) is 6.89. The van der Waals surface area contributed by atoms with Gasteiger partial charge in [0.25, 0.3) is 6.47 Å². The molecule has 5 heteroatoms. The average Bonchev–Trinajstić information content (AvgIpc) is 2.88. The lowest BCUT2D eigenvalue weighted by molar-refractivity contribution is -0.122. The van der Waals surface area contributed by atoms with Gasteiger partial charge in [0.2, 0.25) is 0 Å². The number of nitrogens with zero attached hydrogens (tertiary/aromatic N) is 2. The number of carboxylic acid groups (broad SMARTS) is 1. The Labute approximate surface area is 118 Å². The predicted octanol–water partition coefficient (Wildman–Crippen LogP) is 3.15. The average molecular weight is 276 g/mol. The number of aromatic nitrogens is 2. The van der Waals surface area contributed by atoms with E-state index in [2.05, 4.69) is 36.4 Å². The van der Waals surface area contributed by atoms with Crippen LogP contribution in [0.2, 0.25) is 0 Å². The highest BCUT2D eigenvalue weighted by Crippen LogP contribution is 2.27. The molecule has 0 fully saturated rings. The lowest BCUT2D eigenvalue weighted by Crippen LogP contribution is -2.02. The molecule has 0 saturated carbocycles. The summed E-state index contributed by atoms with van der Waals surface area (Å²) in [5.74, 6) is 1.90. The number of rotatable bonds is 3. The molecule has 0 aliphatic heterocycles. The molecule has 1 aromatic heterocycles.